The summed E-state index contributed by atoms with van der Waals surface area (Å²) in [6.45, 7) is 8.31. The molecule has 16 heavy (non-hydrogen) atoms. The third-order valence-corrected chi connectivity index (χ3v) is 4.34. The lowest BCUT2D eigenvalue weighted by Gasteiger charge is -2.38. The highest BCUT2D eigenvalue weighted by molar-refractivity contribution is 4.83. The van der Waals surface area contributed by atoms with Crippen molar-refractivity contribution in [1.29, 1.82) is 0 Å². The maximum atomic E-state index is 3.31. The first kappa shape index (κ1) is 14.0. The Labute approximate surface area is 102 Å². The minimum atomic E-state index is 0.593. The van der Waals surface area contributed by atoms with E-state index in [2.05, 4.69) is 38.0 Å². The lowest BCUT2D eigenvalue weighted by atomic mass is 9.75. The van der Waals surface area contributed by atoms with Gasteiger partial charge < -0.3 is 10.2 Å². The van der Waals surface area contributed by atoms with Crippen molar-refractivity contribution in [2.75, 3.05) is 20.6 Å². The summed E-state index contributed by atoms with van der Waals surface area (Å²) in [7, 11) is 4.35. The van der Waals surface area contributed by atoms with Gasteiger partial charge in [0.05, 0.1) is 0 Å². The number of nitrogens with one attached hydrogen (secondary N) is 1. The maximum absolute atomic E-state index is 3.31. The standard InChI is InChI=1S/C14H30N2/c1-12(15-4)8-11-16(5)13-6-9-14(2,3)10-7-13/h12-13,15H,6-11H2,1-5H3. The second-order valence-electron chi connectivity index (χ2n) is 6.35. The quantitative estimate of drug-likeness (QED) is 0.775. The largest absolute Gasteiger partial charge is 0.317 e. The monoisotopic (exact) mass is 226 g/mol. The molecule has 2 nitrogen and oxygen atoms in total. The summed E-state index contributed by atoms with van der Waals surface area (Å²) in [5.74, 6) is 0. The van der Waals surface area contributed by atoms with E-state index in [1.807, 2.05) is 7.05 Å². The van der Waals surface area contributed by atoms with Crippen LogP contribution in [0.5, 0.6) is 0 Å². The van der Waals surface area contributed by atoms with E-state index in [9.17, 15) is 0 Å². The minimum absolute atomic E-state index is 0.593. The summed E-state index contributed by atoms with van der Waals surface area (Å²) in [6.07, 6.45) is 6.81. The normalized spacial score (nSPS) is 23.6. The van der Waals surface area contributed by atoms with E-state index >= 15 is 0 Å². The van der Waals surface area contributed by atoms with Crippen LogP contribution < -0.4 is 5.32 Å². The van der Waals surface area contributed by atoms with E-state index in [1.165, 1.54) is 38.6 Å². The molecule has 0 saturated heterocycles. The Morgan fingerprint density at radius 3 is 2.38 bits per heavy atom. The molecule has 0 spiro atoms. The second-order valence-corrected chi connectivity index (χ2v) is 6.35. The molecule has 1 N–H and O–H groups in total. The zero-order valence-electron chi connectivity index (χ0n) is 11.8. The van der Waals surface area contributed by atoms with Gasteiger partial charge in [0.1, 0.15) is 0 Å². The van der Waals surface area contributed by atoms with Gasteiger partial charge >= 0.3 is 0 Å². The maximum Gasteiger partial charge on any atom is 0.00926 e. The van der Waals surface area contributed by atoms with Crippen LogP contribution in [0.25, 0.3) is 0 Å². The Bertz CT molecular complexity index is 191. The summed E-state index contributed by atoms with van der Waals surface area (Å²) in [5.41, 5.74) is 0.593. The number of rotatable bonds is 5. The lowest BCUT2D eigenvalue weighted by molar-refractivity contribution is 0.125. The Morgan fingerprint density at radius 2 is 1.88 bits per heavy atom. The third kappa shape index (κ3) is 4.42. The molecule has 1 rings (SSSR count). The van der Waals surface area contributed by atoms with Gasteiger partial charge in [0, 0.05) is 12.1 Å². The molecular weight excluding hydrogens is 196 g/mol. The topological polar surface area (TPSA) is 15.3 Å². The molecule has 0 aromatic heterocycles. The van der Waals surface area contributed by atoms with E-state index in [0.29, 0.717) is 11.5 Å². The molecule has 0 amide bonds. The summed E-state index contributed by atoms with van der Waals surface area (Å²) in [5, 5.41) is 3.31. The first-order valence-corrected chi connectivity index (χ1v) is 6.82. The van der Waals surface area contributed by atoms with Crippen molar-refractivity contribution in [3.05, 3.63) is 0 Å². The lowest BCUT2D eigenvalue weighted by Crippen LogP contribution is -2.39. The molecule has 1 aliphatic rings. The first-order valence-electron chi connectivity index (χ1n) is 6.82. The van der Waals surface area contributed by atoms with E-state index in [-0.39, 0.29) is 0 Å². The fourth-order valence-corrected chi connectivity index (χ4v) is 2.55. The minimum Gasteiger partial charge on any atom is -0.317 e. The highest BCUT2D eigenvalue weighted by atomic mass is 15.1. The molecule has 1 fully saturated rings. The molecular formula is C14H30N2. The molecule has 1 saturated carbocycles. The van der Waals surface area contributed by atoms with Crippen LogP contribution in [0.15, 0.2) is 0 Å². The molecule has 0 aromatic rings. The highest BCUT2D eigenvalue weighted by Gasteiger charge is 2.28. The average molecular weight is 226 g/mol. The van der Waals surface area contributed by atoms with Crippen molar-refractivity contribution in [2.45, 2.75) is 65.0 Å². The summed E-state index contributed by atoms with van der Waals surface area (Å²) in [6, 6.07) is 1.47. The highest BCUT2D eigenvalue weighted by Crippen LogP contribution is 2.36. The Balaban J connectivity index is 2.25. The molecule has 96 valence electrons. The van der Waals surface area contributed by atoms with Gasteiger partial charge in [0.15, 0.2) is 0 Å². The van der Waals surface area contributed by atoms with E-state index in [1.54, 1.807) is 0 Å². The molecule has 1 atom stereocenters. The number of hydrogen-bond donors (Lipinski definition) is 1. The molecule has 1 aliphatic carbocycles. The molecule has 0 bridgehead atoms. The van der Waals surface area contributed by atoms with Gasteiger partial charge in [-0.1, -0.05) is 13.8 Å². The fraction of sp³-hybridized carbons (Fsp3) is 1.00. The Hall–Kier alpha value is -0.0800. The summed E-state index contributed by atoms with van der Waals surface area (Å²) in [4.78, 5) is 2.57. The van der Waals surface area contributed by atoms with Crippen LogP contribution in [0.2, 0.25) is 0 Å². The Kier molecular flexibility index (Phi) is 5.26. The van der Waals surface area contributed by atoms with Crippen LogP contribution in [0.4, 0.5) is 0 Å². The predicted molar refractivity (Wildman–Crippen MR) is 71.8 cm³/mol. The zero-order valence-corrected chi connectivity index (χ0v) is 11.8. The summed E-state index contributed by atoms with van der Waals surface area (Å²) < 4.78 is 0. The molecule has 0 heterocycles. The van der Waals surface area contributed by atoms with Gasteiger partial charge in [-0.2, -0.15) is 0 Å². The van der Waals surface area contributed by atoms with Crippen molar-refractivity contribution in [3.63, 3.8) is 0 Å². The summed E-state index contributed by atoms with van der Waals surface area (Å²) >= 11 is 0. The van der Waals surface area contributed by atoms with Crippen LogP contribution in [0.1, 0.15) is 52.9 Å². The average Bonchev–Trinajstić information content (AvgIpc) is 2.25. The van der Waals surface area contributed by atoms with Crippen LogP contribution >= 0.6 is 0 Å². The number of hydrogen-bond acceptors (Lipinski definition) is 2. The van der Waals surface area contributed by atoms with Gasteiger partial charge in [-0.05, 0) is 65.1 Å². The van der Waals surface area contributed by atoms with Gasteiger partial charge in [-0.3, -0.25) is 0 Å². The third-order valence-electron chi connectivity index (χ3n) is 4.34. The van der Waals surface area contributed by atoms with Crippen molar-refractivity contribution < 1.29 is 0 Å². The number of nitrogens with zero attached hydrogens (tertiary/aromatic N) is 1. The molecule has 0 radical (unpaired) electrons. The Morgan fingerprint density at radius 1 is 1.31 bits per heavy atom. The molecule has 0 aromatic carbocycles. The van der Waals surface area contributed by atoms with Gasteiger partial charge in [0.2, 0.25) is 0 Å². The second kappa shape index (κ2) is 6.02. The van der Waals surface area contributed by atoms with Crippen molar-refractivity contribution >= 4 is 0 Å². The van der Waals surface area contributed by atoms with E-state index < -0.39 is 0 Å². The van der Waals surface area contributed by atoms with Gasteiger partial charge in [-0.25, -0.2) is 0 Å². The van der Waals surface area contributed by atoms with E-state index in [0.717, 1.165) is 6.04 Å². The van der Waals surface area contributed by atoms with Crippen molar-refractivity contribution in [2.24, 2.45) is 5.41 Å². The van der Waals surface area contributed by atoms with Crippen LogP contribution in [0.3, 0.4) is 0 Å². The smallest absolute Gasteiger partial charge is 0.00926 e. The molecule has 1 unspecified atom stereocenters. The van der Waals surface area contributed by atoms with Crippen molar-refractivity contribution in [3.8, 4) is 0 Å². The zero-order chi connectivity index (χ0) is 12.2. The molecule has 2 heteroatoms. The van der Waals surface area contributed by atoms with Crippen molar-refractivity contribution in [1.82, 2.24) is 10.2 Å². The SMILES string of the molecule is CNC(C)CCN(C)C1CCC(C)(C)CC1. The van der Waals surface area contributed by atoms with Crippen LogP contribution in [0, 0.1) is 5.41 Å². The molecule has 0 aliphatic heterocycles. The van der Waals surface area contributed by atoms with Crippen LogP contribution in [-0.4, -0.2) is 37.6 Å². The fourth-order valence-electron chi connectivity index (χ4n) is 2.55. The first-order chi connectivity index (χ1) is 7.44. The van der Waals surface area contributed by atoms with Gasteiger partial charge in [0.25, 0.3) is 0 Å². The van der Waals surface area contributed by atoms with E-state index in [4.69, 9.17) is 0 Å². The van der Waals surface area contributed by atoms with Crippen LogP contribution in [-0.2, 0) is 0 Å². The predicted octanol–water partition coefficient (Wildman–Crippen LogP) is 2.89. The van der Waals surface area contributed by atoms with Gasteiger partial charge in [-0.15, -0.1) is 0 Å².